The van der Waals surface area contributed by atoms with Crippen molar-refractivity contribution in [1.29, 1.82) is 0 Å². The van der Waals surface area contributed by atoms with Crippen molar-refractivity contribution in [3.05, 3.63) is 18.5 Å². The molecule has 0 atom stereocenters. The molecule has 156 valence electrons. The number of carbonyl (C=O) groups is 1. The Bertz CT molecular complexity index is 1010. The van der Waals surface area contributed by atoms with Crippen LogP contribution in [0.3, 0.4) is 0 Å². The minimum absolute atomic E-state index is 0.0259. The first-order chi connectivity index (χ1) is 13.9. The first-order valence-corrected chi connectivity index (χ1v) is 10.0. The standard InChI is InChI=1S/C20H28N6O3/c1-20(2,3)29-19(28)25-9-5-13(6-10-25)26-16-14-4-7-21-17(14)23-12-15(16)24-18(26)22-8-11-27/h4,7,12-13,27H,5-6,8-11H2,1-3H3,(H,21,23)(H,22,24). The van der Waals surface area contributed by atoms with Crippen LogP contribution in [0.2, 0.25) is 0 Å². The Hall–Kier alpha value is -2.81. The first kappa shape index (κ1) is 19.5. The van der Waals surface area contributed by atoms with Crippen molar-refractivity contribution >= 4 is 34.1 Å². The van der Waals surface area contributed by atoms with Crippen LogP contribution in [-0.4, -0.2) is 67.5 Å². The van der Waals surface area contributed by atoms with E-state index in [1.165, 1.54) is 0 Å². The summed E-state index contributed by atoms with van der Waals surface area (Å²) in [6.07, 6.45) is 4.98. The quantitative estimate of drug-likeness (QED) is 0.621. The van der Waals surface area contributed by atoms with Crippen LogP contribution < -0.4 is 5.32 Å². The summed E-state index contributed by atoms with van der Waals surface area (Å²) in [6.45, 7) is 7.33. The molecule has 9 nitrogen and oxygen atoms in total. The molecule has 0 aromatic carbocycles. The van der Waals surface area contributed by atoms with Gasteiger partial charge in [0.1, 0.15) is 16.8 Å². The van der Waals surface area contributed by atoms with Gasteiger partial charge in [-0.1, -0.05) is 0 Å². The highest BCUT2D eigenvalue weighted by molar-refractivity contribution is 6.02. The molecule has 3 aromatic rings. The van der Waals surface area contributed by atoms with E-state index in [1.54, 1.807) is 11.1 Å². The van der Waals surface area contributed by atoms with Gasteiger partial charge >= 0.3 is 6.09 Å². The second kappa shape index (κ2) is 7.55. The smallest absolute Gasteiger partial charge is 0.410 e. The summed E-state index contributed by atoms with van der Waals surface area (Å²) in [5, 5.41) is 13.5. The minimum Gasteiger partial charge on any atom is -0.444 e. The molecule has 1 fully saturated rings. The van der Waals surface area contributed by atoms with Gasteiger partial charge in [0, 0.05) is 37.3 Å². The Balaban J connectivity index is 1.63. The molecule has 1 aliphatic rings. The van der Waals surface area contributed by atoms with Gasteiger partial charge < -0.3 is 29.6 Å². The number of aromatic nitrogens is 4. The van der Waals surface area contributed by atoms with Gasteiger partial charge in [-0.15, -0.1) is 0 Å². The third kappa shape index (κ3) is 3.87. The Labute approximate surface area is 169 Å². The van der Waals surface area contributed by atoms with Crippen LogP contribution in [0.5, 0.6) is 0 Å². The summed E-state index contributed by atoms with van der Waals surface area (Å²) < 4.78 is 7.72. The molecule has 1 saturated heterocycles. The zero-order valence-corrected chi connectivity index (χ0v) is 17.1. The maximum absolute atomic E-state index is 12.4. The molecule has 1 aliphatic heterocycles. The fourth-order valence-electron chi connectivity index (χ4n) is 3.87. The molecule has 0 aliphatic carbocycles. The van der Waals surface area contributed by atoms with Gasteiger partial charge in [-0.25, -0.2) is 14.8 Å². The second-order valence-corrected chi connectivity index (χ2v) is 8.39. The van der Waals surface area contributed by atoms with E-state index in [2.05, 4.69) is 19.9 Å². The molecular formula is C20H28N6O3. The van der Waals surface area contributed by atoms with Gasteiger partial charge in [-0.3, -0.25) is 0 Å². The lowest BCUT2D eigenvalue weighted by Gasteiger charge is -2.34. The average Bonchev–Trinajstić information content (AvgIpc) is 3.28. The Morgan fingerprint density at radius 3 is 2.83 bits per heavy atom. The van der Waals surface area contributed by atoms with Crippen LogP contribution >= 0.6 is 0 Å². The summed E-state index contributed by atoms with van der Waals surface area (Å²) in [6, 6.07) is 2.19. The average molecular weight is 400 g/mol. The number of likely N-dealkylation sites (tertiary alicyclic amines) is 1. The van der Waals surface area contributed by atoms with Gasteiger partial charge in [0.05, 0.1) is 18.3 Å². The Morgan fingerprint density at radius 1 is 1.38 bits per heavy atom. The molecule has 9 heteroatoms. The maximum Gasteiger partial charge on any atom is 0.410 e. The number of anilines is 1. The molecule has 0 unspecified atom stereocenters. The number of imidazole rings is 1. The number of aliphatic hydroxyl groups excluding tert-OH is 1. The number of carbonyl (C=O) groups excluding carboxylic acids is 1. The van der Waals surface area contributed by atoms with Crippen molar-refractivity contribution in [2.45, 2.75) is 45.3 Å². The van der Waals surface area contributed by atoms with E-state index in [4.69, 9.17) is 9.72 Å². The molecule has 3 N–H and O–H groups in total. The van der Waals surface area contributed by atoms with Crippen molar-refractivity contribution in [2.75, 3.05) is 31.6 Å². The zero-order chi connectivity index (χ0) is 20.6. The largest absolute Gasteiger partial charge is 0.444 e. The van der Waals surface area contributed by atoms with Crippen LogP contribution in [0.4, 0.5) is 10.7 Å². The Morgan fingerprint density at radius 2 is 2.14 bits per heavy atom. The number of aliphatic hydroxyl groups is 1. The molecule has 3 aromatic heterocycles. The Kier molecular flexibility index (Phi) is 5.08. The number of piperidine rings is 1. The number of nitrogens with zero attached hydrogens (tertiary/aromatic N) is 4. The molecule has 4 heterocycles. The number of aromatic amines is 1. The predicted molar refractivity (Wildman–Crippen MR) is 111 cm³/mol. The fraction of sp³-hybridized carbons (Fsp3) is 0.550. The van der Waals surface area contributed by atoms with Gasteiger partial charge in [0.15, 0.2) is 0 Å². The molecule has 29 heavy (non-hydrogen) atoms. The van der Waals surface area contributed by atoms with Crippen LogP contribution in [0, 0.1) is 0 Å². The number of pyridine rings is 1. The van der Waals surface area contributed by atoms with E-state index < -0.39 is 5.60 Å². The van der Waals surface area contributed by atoms with Crippen LogP contribution in [0.1, 0.15) is 39.7 Å². The summed E-state index contributed by atoms with van der Waals surface area (Å²) in [5.41, 5.74) is 2.15. The second-order valence-electron chi connectivity index (χ2n) is 8.39. The van der Waals surface area contributed by atoms with Gasteiger partial charge in [-0.05, 0) is 39.7 Å². The fourth-order valence-corrected chi connectivity index (χ4v) is 3.87. The number of H-pyrrole nitrogens is 1. The molecule has 0 saturated carbocycles. The normalized spacial score (nSPS) is 15.9. The third-order valence-electron chi connectivity index (χ3n) is 5.11. The minimum atomic E-state index is -0.497. The molecule has 4 rings (SSSR count). The molecule has 0 radical (unpaired) electrons. The van der Waals surface area contributed by atoms with E-state index in [0.717, 1.165) is 40.9 Å². The zero-order valence-electron chi connectivity index (χ0n) is 17.1. The number of nitrogens with one attached hydrogen (secondary N) is 2. The van der Waals surface area contributed by atoms with Gasteiger partial charge in [0.2, 0.25) is 5.95 Å². The van der Waals surface area contributed by atoms with E-state index >= 15 is 0 Å². The number of amides is 1. The van der Waals surface area contributed by atoms with E-state index in [1.807, 2.05) is 33.0 Å². The number of rotatable bonds is 4. The molecular weight excluding hydrogens is 372 g/mol. The highest BCUT2D eigenvalue weighted by Crippen LogP contribution is 2.34. The highest BCUT2D eigenvalue weighted by atomic mass is 16.6. The van der Waals surface area contributed by atoms with Crippen molar-refractivity contribution in [2.24, 2.45) is 0 Å². The molecule has 1 amide bonds. The van der Waals surface area contributed by atoms with Crippen molar-refractivity contribution in [3.63, 3.8) is 0 Å². The van der Waals surface area contributed by atoms with Crippen molar-refractivity contribution in [3.8, 4) is 0 Å². The first-order valence-electron chi connectivity index (χ1n) is 10.0. The number of ether oxygens (including phenoxy) is 1. The number of hydrogen-bond donors (Lipinski definition) is 3. The van der Waals surface area contributed by atoms with E-state index in [0.29, 0.717) is 19.6 Å². The van der Waals surface area contributed by atoms with Crippen LogP contribution in [-0.2, 0) is 4.74 Å². The van der Waals surface area contributed by atoms with Crippen LogP contribution in [0.25, 0.3) is 22.1 Å². The van der Waals surface area contributed by atoms with Gasteiger partial charge in [-0.2, -0.15) is 0 Å². The summed E-state index contributed by atoms with van der Waals surface area (Å²) >= 11 is 0. The lowest BCUT2D eigenvalue weighted by molar-refractivity contribution is 0.0190. The van der Waals surface area contributed by atoms with E-state index in [-0.39, 0.29) is 18.7 Å². The molecule has 0 spiro atoms. The van der Waals surface area contributed by atoms with Gasteiger partial charge in [0.25, 0.3) is 0 Å². The maximum atomic E-state index is 12.4. The lowest BCUT2D eigenvalue weighted by atomic mass is 10.0. The predicted octanol–water partition coefficient (Wildman–Crippen LogP) is 2.89. The SMILES string of the molecule is CC(C)(C)OC(=O)N1CCC(n2c(NCCO)nc3cnc4[nH]ccc4c32)CC1. The van der Waals surface area contributed by atoms with Crippen molar-refractivity contribution in [1.82, 2.24) is 24.4 Å². The summed E-state index contributed by atoms with van der Waals surface area (Å²) in [4.78, 5) is 26.5. The highest BCUT2D eigenvalue weighted by Gasteiger charge is 2.30. The third-order valence-corrected chi connectivity index (χ3v) is 5.11. The van der Waals surface area contributed by atoms with Crippen molar-refractivity contribution < 1.29 is 14.6 Å². The lowest BCUT2D eigenvalue weighted by Crippen LogP contribution is -2.42. The monoisotopic (exact) mass is 400 g/mol. The summed E-state index contributed by atoms with van der Waals surface area (Å²) in [7, 11) is 0. The molecule has 0 bridgehead atoms. The summed E-state index contributed by atoms with van der Waals surface area (Å²) in [5.74, 6) is 0.722. The van der Waals surface area contributed by atoms with Crippen LogP contribution in [0.15, 0.2) is 18.5 Å². The van der Waals surface area contributed by atoms with E-state index in [9.17, 15) is 9.90 Å². The number of hydrogen-bond acceptors (Lipinski definition) is 6. The number of fused-ring (bicyclic) bond motifs is 3. The topological polar surface area (TPSA) is 108 Å².